The van der Waals surface area contributed by atoms with Crippen LogP contribution in [0.25, 0.3) is 0 Å². The molecule has 0 spiro atoms. The van der Waals surface area contributed by atoms with Crippen LogP contribution < -0.4 is 10.6 Å². The van der Waals surface area contributed by atoms with Crippen molar-refractivity contribution in [1.29, 1.82) is 0 Å². The molecule has 4 bridgehead atoms. The lowest BCUT2D eigenvalue weighted by Gasteiger charge is -2.36. The number of rotatable bonds is 0. The molecule has 0 aromatic heterocycles. The van der Waals surface area contributed by atoms with Crippen LogP contribution in [0.3, 0.4) is 0 Å². The molecule has 6 aliphatic heterocycles. The van der Waals surface area contributed by atoms with Crippen LogP contribution in [0.2, 0.25) is 0 Å². The van der Waals surface area contributed by atoms with Gasteiger partial charge in [0.15, 0.2) is 0 Å². The van der Waals surface area contributed by atoms with Crippen LogP contribution >= 0.6 is 0 Å². The van der Waals surface area contributed by atoms with Crippen LogP contribution in [-0.2, 0) is 4.74 Å². The zero-order chi connectivity index (χ0) is 26.4. The smallest absolute Gasteiger partial charge is 0.0725 e. The summed E-state index contributed by atoms with van der Waals surface area (Å²) in [7, 11) is 0. The molecule has 0 aromatic carbocycles. The molecule has 0 radical (unpaired) electrons. The second-order valence-electron chi connectivity index (χ2n) is 11.6. The average molecular weight is 509 g/mol. The summed E-state index contributed by atoms with van der Waals surface area (Å²) in [5.41, 5.74) is 0. The Morgan fingerprint density at radius 3 is 1.42 bits per heavy atom. The quantitative estimate of drug-likeness (QED) is 0.342. The Kier molecular flexibility index (Phi) is 21.5. The van der Waals surface area contributed by atoms with E-state index in [0.717, 1.165) is 30.7 Å². The van der Waals surface area contributed by atoms with Crippen molar-refractivity contribution in [2.24, 2.45) is 5.92 Å². The highest BCUT2D eigenvalue weighted by Crippen LogP contribution is 2.28. The van der Waals surface area contributed by atoms with Gasteiger partial charge in [-0.15, -0.1) is 0 Å². The van der Waals surface area contributed by atoms with Gasteiger partial charge in [0.05, 0.1) is 6.10 Å². The standard InChI is InChI=1S/C29H56N2O.2C2H6/c1-24-26-16-12-8-4-3-5-9-14-18-28-21-22-29(25(2)31-28)32-23-15-11-7-6-10-13-17-27(30-24)20-19-26;2*1-2/h24-31H,3-23H2,1-2H3;2*1-2H3. The van der Waals surface area contributed by atoms with Crippen LogP contribution in [-0.4, -0.2) is 36.9 Å². The molecule has 6 unspecified atom stereocenters. The van der Waals surface area contributed by atoms with E-state index in [1.54, 1.807) is 0 Å². The molecule has 6 heterocycles. The third kappa shape index (κ3) is 14.7. The summed E-state index contributed by atoms with van der Waals surface area (Å²) in [6.07, 6.45) is 28.4. The molecule has 0 saturated carbocycles. The minimum absolute atomic E-state index is 0.440. The van der Waals surface area contributed by atoms with E-state index in [2.05, 4.69) is 24.5 Å². The second kappa shape index (κ2) is 22.8. The zero-order valence-electron chi connectivity index (χ0n) is 25.7. The van der Waals surface area contributed by atoms with Gasteiger partial charge in [-0.3, -0.25) is 0 Å². The molecular weight excluding hydrogens is 440 g/mol. The van der Waals surface area contributed by atoms with Crippen molar-refractivity contribution < 1.29 is 4.74 Å². The molecular formula is C33H68N2O. The number of hydrogen-bond acceptors (Lipinski definition) is 3. The first-order valence-electron chi connectivity index (χ1n) is 16.9. The lowest BCUT2D eigenvalue weighted by Crippen LogP contribution is -2.49. The Bertz CT molecular complexity index is 429. The Hall–Kier alpha value is -0.120. The highest BCUT2D eigenvalue weighted by Gasteiger charge is 2.27. The molecule has 6 saturated heterocycles. The van der Waals surface area contributed by atoms with Gasteiger partial charge in [0.25, 0.3) is 0 Å². The second-order valence-corrected chi connectivity index (χ2v) is 11.6. The van der Waals surface area contributed by atoms with Crippen molar-refractivity contribution in [2.45, 2.75) is 200 Å². The Balaban J connectivity index is 0.00000154. The fourth-order valence-electron chi connectivity index (χ4n) is 6.63. The molecule has 6 fully saturated rings. The van der Waals surface area contributed by atoms with Gasteiger partial charge in [-0.2, -0.15) is 0 Å². The minimum atomic E-state index is 0.440. The first-order chi connectivity index (χ1) is 17.7. The lowest BCUT2D eigenvalue weighted by atomic mass is 9.83. The highest BCUT2D eigenvalue weighted by molar-refractivity contribution is 4.85. The van der Waals surface area contributed by atoms with Crippen molar-refractivity contribution in [3.8, 4) is 0 Å². The molecule has 216 valence electrons. The van der Waals surface area contributed by atoms with Crippen LogP contribution in [0.4, 0.5) is 0 Å². The molecule has 36 heavy (non-hydrogen) atoms. The zero-order valence-corrected chi connectivity index (χ0v) is 25.7. The van der Waals surface area contributed by atoms with Crippen LogP contribution in [0, 0.1) is 5.92 Å². The number of piperidine rings is 2. The van der Waals surface area contributed by atoms with Crippen molar-refractivity contribution in [2.75, 3.05) is 6.61 Å². The Morgan fingerprint density at radius 1 is 0.444 bits per heavy atom. The van der Waals surface area contributed by atoms with Crippen molar-refractivity contribution in [1.82, 2.24) is 10.6 Å². The predicted molar refractivity (Wildman–Crippen MR) is 161 cm³/mol. The maximum absolute atomic E-state index is 6.27. The molecule has 0 aliphatic carbocycles. The van der Waals surface area contributed by atoms with E-state index < -0.39 is 0 Å². The van der Waals surface area contributed by atoms with Gasteiger partial charge >= 0.3 is 0 Å². The van der Waals surface area contributed by atoms with Crippen molar-refractivity contribution in [3.63, 3.8) is 0 Å². The lowest BCUT2D eigenvalue weighted by molar-refractivity contribution is 0.00123. The topological polar surface area (TPSA) is 33.3 Å². The SMILES string of the molecule is CC.CC.CC1NC2CCCCCCCCOC3CCC(CCCCCCCCCC1CC2)NC3C. The van der Waals surface area contributed by atoms with Crippen LogP contribution in [0.15, 0.2) is 0 Å². The number of ether oxygens (including phenoxy) is 1. The van der Waals surface area contributed by atoms with Gasteiger partial charge in [0.1, 0.15) is 0 Å². The van der Waals surface area contributed by atoms with Gasteiger partial charge in [-0.25, -0.2) is 0 Å². The summed E-state index contributed by atoms with van der Waals surface area (Å²) >= 11 is 0. The van der Waals surface area contributed by atoms with E-state index in [-0.39, 0.29) is 0 Å². The monoisotopic (exact) mass is 509 g/mol. The van der Waals surface area contributed by atoms with E-state index in [0.29, 0.717) is 12.1 Å². The summed E-state index contributed by atoms with van der Waals surface area (Å²) in [6, 6.07) is 2.78. The highest BCUT2D eigenvalue weighted by atomic mass is 16.5. The average Bonchev–Trinajstić information content (AvgIpc) is 2.90. The van der Waals surface area contributed by atoms with E-state index >= 15 is 0 Å². The van der Waals surface area contributed by atoms with Gasteiger partial charge in [0, 0.05) is 30.8 Å². The van der Waals surface area contributed by atoms with Crippen molar-refractivity contribution >= 4 is 0 Å². The maximum atomic E-state index is 6.27. The number of nitrogens with one attached hydrogen (secondary N) is 2. The first kappa shape index (κ1) is 33.9. The molecule has 0 aromatic rings. The molecule has 2 N–H and O–H groups in total. The molecule has 3 heteroatoms. The summed E-state index contributed by atoms with van der Waals surface area (Å²) in [5, 5.41) is 7.84. The van der Waals surface area contributed by atoms with Gasteiger partial charge in [-0.1, -0.05) is 105 Å². The first-order valence-corrected chi connectivity index (χ1v) is 16.9. The Labute approximate surface area is 228 Å². The van der Waals surface area contributed by atoms with Gasteiger partial charge < -0.3 is 15.4 Å². The minimum Gasteiger partial charge on any atom is -0.377 e. The number of hydrogen-bond donors (Lipinski definition) is 2. The molecule has 6 atom stereocenters. The summed E-state index contributed by atoms with van der Waals surface area (Å²) < 4.78 is 6.27. The fourth-order valence-corrected chi connectivity index (χ4v) is 6.63. The third-order valence-corrected chi connectivity index (χ3v) is 8.85. The summed E-state index contributed by atoms with van der Waals surface area (Å²) in [4.78, 5) is 0. The fraction of sp³-hybridized carbons (Fsp3) is 1.00. The largest absolute Gasteiger partial charge is 0.377 e. The van der Waals surface area contributed by atoms with Gasteiger partial charge in [-0.05, 0) is 71.1 Å². The van der Waals surface area contributed by atoms with Crippen LogP contribution in [0.5, 0.6) is 0 Å². The predicted octanol–water partition coefficient (Wildman–Crippen LogP) is 9.58. The Morgan fingerprint density at radius 2 is 0.889 bits per heavy atom. The van der Waals surface area contributed by atoms with Gasteiger partial charge in [0.2, 0.25) is 0 Å². The molecule has 3 nitrogen and oxygen atoms in total. The van der Waals surface area contributed by atoms with E-state index in [4.69, 9.17) is 4.74 Å². The third-order valence-electron chi connectivity index (χ3n) is 8.85. The summed E-state index contributed by atoms with van der Waals surface area (Å²) in [5.74, 6) is 0.928. The molecule has 0 amide bonds. The maximum Gasteiger partial charge on any atom is 0.0725 e. The summed E-state index contributed by atoms with van der Waals surface area (Å²) in [6.45, 7) is 13.8. The van der Waals surface area contributed by atoms with E-state index in [1.165, 1.54) is 128 Å². The normalized spacial score (nSPS) is 34.5. The van der Waals surface area contributed by atoms with E-state index in [9.17, 15) is 0 Å². The molecule has 6 rings (SSSR count). The van der Waals surface area contributed by atoms with Crippen molar-refractivity contribution in [3.05, 3.63) is 0 Å². The van der Waals surface area contributed by atoms with Crippen LogP contribution in [0.1, 0.15) is 170 Å². The van der Waals surface area contributed by atoms with E-state index in [1.807, 2.05) is 27.7 Å². The molecule has 6 aliphatic rings.